The molecule has 2 unspecified atom stereocenters. The molecule has 0 bridgehead atoms. The third-order valence-electron chi connectivity index (χ3n) is 12.2. The minimum Gasteiger partial charge on any atom is -0.485 e. The molecule has 8 aromatic carbocycles. The van der Waals surface area contributed by atoms with Crippen molar-refractivity contribution < 1.29 is 9.15 Å². The molecule has 2 atom stereocenters. The summed E-state index contributed by atoms with van der Waals surface area (Å²) >= 11 is 1.82. The van der Waals surface area contributed by atoms with Crippen molar-refractivity contribution in [3.8, 4) is 28.0 Å². The van der Waals surface area contributed by atoms with Crippen LogP contribution >= 0.6 is 11.3 Å². The zero-order valence-corrected chi connectivity index (χ0v) is 33.8. The second-order valence-electron chi connectivity index (χ2n) is 15.7. The van der Waals surface area contributed by atoms with Crippen LogP contribution in [0, 0.1) is 0 Å². The van der Waals surface area contributed by atoms with Crippen LogP contribution in [0.2, 0.25) is 0 Å². The number of fused-ring (bicyclic) bond motifs is 10. The number of rotatable bonds is 6. The van der Waals surface area contributed by atoms with Crippen LogP contribution in [-0.2, 0) is 6.54 Å². The molecule has 3 heterocycles. The van der Waals surface area contributed by atoms with Crippen LogP contribution in [0.5, 0.6) is 5.75 Å². The van der Waals surface area contributed by atoms with E-state index in [1.165, 1.54) is 42.1 Å². The second kappa shape index (κ2) is 14.3. The molecule has 10 aromatic rings. The van der Waals surface area contributed by atoms with Gasteiger partial charge >= 0.3 is 0 Å². The van der Waals surface area contributed by atoms with Gasteiger partial charge in [0.05, 0.1) is 6.54 Å². The predicted octanol–water partition coefficient (Wildman–Crippen LogP) is 13.8. The fourth-order valence-electron chi connectivity index (χ4n) is 9.30. The molecule has 0 radical (unpaired) electrons. The highest BCUT2D eigenvalue weighted by Gasteiger charge is 2.33. The maximum atomic E-state index is 7.18. The maximum Gasteiger partial charge on any atom is 0.157 e. The minimum absolute atomic E-state index is 0.124. The third kappa shape index (κ3) is 5.98. The quantitative estimate of drug-likeness (QED) is 0.134. The van der Waals surface area contributed by atoms with Crippen LogP contribution in [0.15, 0.2) is 208 Å². The number of para-hydroxylation sites is 1. The summed E-state index contributed by atoms with van der Waals surface area (Å²) in [6.07, 6.45) is 6.29. The van der Waals surface area contributed by atoms with Gasteiger partial charge < -0.3 is 14.9 Å². The Morgan fingerprint density at radius 3 is 2.20 bits per heavy atom. The van der Waals surface area contributed by atoms with E-state index in [2.05, 4.69) is 152 Å². The number of nitrogens with two attached hydrogens (primary N) is 1. The fourth-order valence-corrected chi connectivity index (χ4v) is 10.4. The molecular formula is C55H37N3O2S. The van der Waals surface area contributed by atoms with Gasteiger partial charge in [0.2, 0.25) is 0 Å². The van der Waals surface area contributed by atoms with E-state index in [0.717, 1.165) is 61.1 Å². The summed E-state index contributed by atoms with van der Waals surface area (Å²) < 4.78 is 15.6. The number of hydrogen-bond acceptors (Lipinski definition) is 4. The van der Waals surface area contributed by atoms with E-state index in [1.807, 2.05) is 47.7 Å². The molecule has 290 valence electrons. The Kier molecular flexibility index (Phi) is 8.32. The Bertz CT molecular complexity index is 3510. The molecule has 0 saturated heterocycles. The lowest BCUT2D eigenvalue weighted by molar-refractivity contribution is 0.268. The highest BCUT2D eigenvalue weighted by atomic mass is 32.1. The van der Waals surface area contributed by atoms with Gasteiger partial charge in [-0.05, 0) is 75.0 Å². The van der Waals surface area contributed by atoms with E-state index in [9.17, 15) is 0 Å². The summed E-state index contributed by atoms with van der Waals surface area (Å²) in [6.45, 7) is 0.421. The first-order chi connectivity index (χ1) is 30.1. The molecule has 1 aliphatic heterocycles. The first-order valence-electron chi connectivity index (χ1n) is 20.6. The lowest BCUT2D eigenvalue weighted by Crippen LogP contribution is -2.21. The SMILES string of the molecule is NC(=NC(=NCc1ccc(-c2cccc3ccccc23)cc1)C1=CC2Oc3ccccc3C2C=C1)c1cccc2oc3cccc(-c4cccc5sc6ccccc6c45)c3c12. The molecule has 2 aliphatic rings. The van der Waals surface area contributed by atoms with E-state index in [1.54, 1.807) is 0 Å². The smallest absolute Gasteiger partial charge is 0.157 e. The minimum atomic E-state index is -0.168. The van der Waals surface area contributed by atoms with E-state index in [4.69, 9.17) is 24.9 Å². The summed E-state index contributed by atoms with van der Waals surface area (Å²) in [7, 11) is 0. The lowest BCUT2D eigenvalue weighted by atomic mass is 9.89. The first-order valence-corrected chi connectivity index (χ1v) is 21.4. The number of furan rings is 1. The van der Waals surface area contributed by atoms with Crippen LogP contribution in [0.3, 0.4) is 0 Å². The van der Waals surface area contributed by atoms with Crippen molar-refractivity contribution in [2.45, 2.75) is 18.6 Å². The molecule has 0 amide bonds. The Morgan fingerprint density at radius 2 is 1.30 bits per heavy atom. The molecular weight excluding hydrogens is 767 g/mol. The fraction of sp³-hybridized carbons (Fsp3) is 0.0545. The van der Waals surface area contributed by atoms with Gasteiger partial charge in [0.25, 0.3) is 0 Å². The van der Waals surface area contributed by atoms with Crippen LogP contribution < -0.4 is 10.5 Å². The largest absolute Gasteiger partial charge is 0.485 e. The predicted molar refractivity (Wildman–Crippen MR) is 254 cm³/mol. The Balaban J connectivity index is 0.970. The second-order valence-corrected chi connectivity index (χ2v) is 16.8. The molecule has 0 spiro atoms. The summed E-state index contributed by atoms with van der Waals surface area (Å²) in [4.78, 5) is 10.4. The lowest BCUT2D eigenvalue weighted by Gasteiger charge is -2.18. The standard InChI is InChI=1S/C55H37N3O2S/c56-54(44-19-9-22-47-53(44)52-42(17-8-21-46(52)60-47)41-18-10-24-50-51(41)43-15-4-6-23-49(43)61-50)58-55(36-29-30-40-39-14-3-5-20-45(39)59-48(40)31-36)57-32-33-25-27-35(28-26-33)38-16-7-12-34-11-1-2-13-37(34)38/h1-31,40,48H,32H2,(H2,56,57,58). The van der Waals surface area contributed by atoms with E-state index in [-0.39, 0.29) is 12.0 Å². The van der Waals surface area contributed by atoms with Crippen molar-refractivity contribution in [1.82, 2.24) is 0 Å². The number of nitrogens with zero attached hydrogens (tertiary/aromatic N) is 2. The number of hydrogen-bond donors (Lipinski definition) is 1. The molecule has 2 aromatic heterocycles. The zero-order chi connectivity index (χ0) is 40.4. The van der Waals surface area contributed by atoms with Gasteiger partial charge in [0.1, 0.15) is 28.9 Å². The zero-order valence-electron chi connectivity index (χ0n) is 33.0. The summed E-state index contributed by atoms with van der Waals surface area (Å²) in [5.74, 6) is 1.94. The molecule has 12 rings (SSSR count). The summed E-state index contributed by atoms with van der Waals surface area (Å²) in [5.41, 5.74) is 17.3. The Morgan fingerprint density at radius 1 is 0.607 bits per heavy atom. The normalized spacial score (nSPS) is 16.4. The number of thiophene rings is 1. The molecule has 5 nitrogen and oxygen atoms in total. The molecule has 0 saturated carbocycles. The van der Waals surface area contributed by atoms with E-state index in [0.29, 0.717) is 18.2 Å². The van der Waals surface area contributed by atoms with Crippen LogP contribution in [-0.4, -0.2) is 17.8 Å². The number of benzene rings is 8. The first kappa shape index (κ1) is 35.4. The average Bonchev–Trinajstić information content (AvgIpc) is 4.01. The Labute approximate surface area is 356 Å². The maximum absolute atomic E-state index is 7.18. The monoisotopic (exact) mass is 803 g/mol. The van der Waals surface area contributed by atoms with Crippen LogP contribution in [0.4, 0.5) is 0 Å². The molecule has 0 fully saturated rings. The highest BCUT2D eigenvalue weighted by molar-refractivity contribution is 7.25. The summed E-state index contributed by atoms with van der Waals surface area (Å²) in [6, 6.07) is 59.4. The summed E-state index contributed by atoms with van der Waals surface area (Å²) in [5, 5.41) is 6.89. The molecule has 6 heteroatoms. The Hall–Kier alpha value is -7.54. The molecule has 2 N–H and O–H groups in total. The van der Waals surface area contributed by atoms with Crippen LogP contribution in [0.25, 0.3) is 75.1 Å². The highest BCUT2D eigenvalue weighted by Crippen LogP contribution is 2.45. The molecule has 1 aliphatic carbocycles. The van der Waals surface area contributed by atoms with Gasteiger partial charge in [-0.2, -0.15) is 0 Å². The van der Waals surface area contributed by atoms with Gasteiger partial charge in [-0.15, -0.1) is 11.3 Å². The van der Waals surface area contributed by atoms with Crippen molar-refractivity contribution in [2.75, 3.05) is 0 Å². The average molecular weight is 804 g/mol. The van der Waals surface area contributed by atoms with E-state index >= 15 is 0 Å². The van der Waals surface area contributed by atoms with Gasteiger partial charge in [-0.3, -0.25) is 4.99 Å². The van der Waals surface area contributed by atoms with Gasteiger partial charge in [-0.1, -0.05) is 152 Å². The van der Waals surface area contributed by atoms with Gasteiger partial charge in [-0.25, -0.2) is 4.99 Å². The van der Waals surface area contributed by atoms with Crippen LogP contribution in [0.1, 0.15) is 22.6 Å². The van der Waals surface area contributed by atoms with Crippen molar-refractivity contribution in [2.24, 2.45) is 15.7 Å². The number of ether oxygens (including phenoxy) is 1. The number of amidine groups is 2. The third-order valence-corrected chi connectivity index (χ3v) is 13.3. The van der Waals surface area contributed by atoms with Crippen molar-refractivity contribution >= 4 is 75.9 Å². The number of aliphatic imine (C=N–C) groups is 2. The van der Waals surface area contributed by atoms with Gasteiger partial charge in [0.15, 0.2) is 5.84 Å². The van der Waals surface area contributed by atoms with E-state index < -0.39 is 0 Å². The van der Waals surface area contributed by atoms with Crippen molar-refractivity contribution in [3.63, 3.8) is 0 Å². The van der Waals surface area contributed by atoms with Gasteiger partial charge in [0, 0.05) is 53.6 Å². The van der Waals surface area contributed by atoms with Crippen molar-refractivity contribution in [3.05, 3.63) is 210 Å². The molecule has 61 heavy (non-hydrogen) atoms. The van der Waals surface area contributed by atoms with Crippen molar-refractivity contribution in [1.29, 1.82) is 0 Å². The topological polar surface area (TPSA) is 73.1 Å².